The zero-order chi connectivity index (χ0) is 15.9. The third-order valence-corrected chi connectivity index (χ3v) is 3.52. The molecule has 0 fully saturated rings. The number of aliphatic hydroxyl groups is 1. The number of likely N-dealkylation sites (N-methyl/N-ethyl adjacent to an activating group) is 1. The average molecular weight is 298 g/mol. The van der Waals surface area contributed by atoms with Crippen molar-refractivity contribution in [2.24, 2.45) is 0 Å². The van der Waals surface area contributed by atoms with Crippen molar-refractivity contribution in [3.05, 3.63) is 60.2 Å². The third kappa shape index (κ3) is 4.09. The Morgan fingerprint density at radius 2 is 1.77 bits per heavy atom. The topological polar surface area (TPSA) is 52.6 Å². The Bertz CT molecular complexity index is 611. The van der Waals surface area contributed by atoms with E-state index in [1.807, 2.05) is 60.4 Å². The molecule has 4 nitrogen and oxygen atoms in total. The maximum absolute atomic E-state index is 12.3. The highest BCUT2D eigenvalue weighted by molar-refractivity contribution is 5.94. The summed E-state index contributed by atoms with van der Waals surface area (Å²) < 4.78 is 0. The van der Waals surface area contributed by atoms with E-state index in [0.717, 1.165) is 17.8 Å². The molecule has 2 N–H and O–H groups in total. The van der Waals surface area contributed by atoms with Crippen LogP contribution in [0.1, 0.15) is 25.5 Å². The van der Waals surface area contributed by atoms with Crippen LogP contribution in [0.15, 0.2) is 54.6 Å². The Morgan fingerprint density at radius 3 is 2.41 bits per heavy atom. The number of rotatable bonds is 6. The second-order valence-electron chi connectivity index (χ2n) is 5.16. The molecule has 22 heavy (non-hydrogen) atoms. The first-order valence-electron chi connectivity index (χ1n) is 7.48. The highest BCUT2D eigenvalue weighted by Crippen LogP contribution is 2.22. The van der Waals surface area contributed by atoms with Crippen LogP contribution in [0.2, 0.25) is 0 Å². The van der Waals surface area contributed by atoms with Gasteiger partial charge in [0.15, 0.2) is 0 Å². The van der Waals surface area contributed by atoms with Gasteiger partial charge in [0.2, 0.25) is 5.91 Å². The van der Waals surface area contributed by atoms with Gasteiger partial charge in [0.05, 0.1) is 12.6 Å². The van der Waals surface area contributed by atoms with E-state index in [4.69, 9.17) is 0 Å². The fourth-order valence-electron chi connectivity index (χ4n) is 2.36. The molecule has 0 bridgehead atoms. The Kier molecular flexibility index (Phi) is 5.55. The molecule has 0 aromatic heterocycles. The molecule has 116 valence electrons. The van der Waals surface area contributed by atoms with Gasteiger partial charge in [-0.1, -0.05) is 36.4 Å². The zero-order valence-corrected chi connectivity index (χ0v) is 13.0. The molecule has 0 aliphatic carbocycles. The highest BCUT2D eigenvalue weighted by atomic mass is 16.3. The summed E-state index contributed by atoms with van der Waals surface area (Å²) in [7, 11) is 0. The van der Waals surface area contributed by atoms with E-state index < -0.39 is 6.10 Å². The lowest BCUT2D eigenvalue weighted by Gasteiger charge is -2.23. The van der Waals surface area contributed by atoms with E-state index in [0.29, 0.717) is 5.69 Å². The van der Waals surface area contributed by atoms with E-state index in [9.17, 15) is 9.90 Å². The van der Waals surface area contributed by atoms with Gasteiger partial charge in [0.1, 0.15) is 0 Å². The lowest BCUT2D eigenvalue weighted by atomic mass is 10.1. The number of nitrogens with one attached hydrogen (secondary N) is 1. The standard InChI is InChI=1S/C18H22N2O2/c1-3-20(15-9-5-4-6-10-15)13-18(22)19-17-12-8-7-11-16(17)14(2)21/h4-12,14,21H,3,13H2,1-2H3,(H,19,22). The van der Waals surface area contributed by atoms with Gasteiger partial charge in [0, 0.05) is 23.5 Å². The van der Waals surface area contributed by atoms with Gasteiger partial charge >= 0.3 is 0 Å². The second kappa shape index (κ2) is 7.61. The van der Waals surface area contributed by atoms with Gasteiger partial charge in [0.25, 0.3) is 0 Å². The minimum absolute atomic E-state index is 0.0983. The van der Waals surface area contributed by atoms with Crippen LogP contribution in [0, 0.1) is 0 Å². The SMILES string of the molecule is CCN(CC(=O)Nc1ccccc1C(C)O)c1ccccc1. The van der Waals surface area contributed by atoms with Crippen molar-refractivity contribution in [3.63, 3.8) is 0 Å². The molecule has 0 aliphatic heterocycles. The van der Waals surface area contributed by atoms with Crippen LogP contribution in [0.25, 0.3) is 0 Å². The van der Waals surface area contributed by atoms with E-state index in [1.165, 1.54) is 0 Å². The third-order valence-electron chi connectivity index (χ3n) is 3.52. The molecular weight excluding hydrogens is 276 g/mol. The number of anilines is 2. The summed E-state index contributed by atoms with van der Waals surface area (Å²) >= 11 is 0. The van der Waals surface area contributed by atoms with Gasteiger partial charge in [-0.05, 0) is 32.0 Å². The Labute approximate surface area is 131 Å². The molecule has 0 saturated carbocycles. The van der Waals surface area contributed by atoms with E-state index >= 15 is 0 Å². The number of aliphatic hydroxyl groups excluding tert-OH is 1. The van der Waals surface area contributed by atoms with Crippen LogP contribution in [0.3, 0.4) is 0 Å². The van der Waals surface area contributed by atoms with Crippen molar-refractivity contribution in [1.82, 2.24) is 0 Å². The molecule has 4 heteroatoms. The quantitative estimate of drug-likeness (QED) is 0.861. The van der Waals surface area contributed by atoms with Crippen molar-refractivity contribution in [2.45, 2.75) is 20.0 Å². The Hall–Kier alpha value is -2.33. The molecule has 0 aliphatic rings. The average Bonchev–Trinajstić information content (AvgIpc) is 2.53. The van der Waals surface area contributed by atoms with Gasteiger partial charge < -0.3 is 15.3 Å². The lowest BCUT2D eigenvalue weighted by Crippen LogP contribution is -2.33. The van der Waals surface area contributed by atoms with Gasteiger partial charge in [-0.15, -0.1) is 0 Å². The van der Waals surface area contributed by atoms with Crippen LogP contribution in [0.5, 0.6) is 0 Å². The molecule has 1 amide bonds. The highest BCUT2D eigenvalue weighted by Gasteiger charge is 2.13. The molecule has 1 atom stereocenters. The van der Waals surface area contributed by atoms with Crippen LogP contribution < -0.4 is 10.2 Å². The number of hydrogen-bond acceptors (Lipinski definition) is 3. The van der Waals surface area contributed by atoms with Crippen molar-refractivity contribution in [1.29, 1.82) is 0 Å². The maximum Gasteiger partial charge on any atom is 0.243 e. The zero-order valence-electron chi connectivity index (χ0n) is 13.0. The summed E-state index contributed by atoms with van der Waals surface area (Å²) in [6, 6.07) is 17.2. The van der Waals surface area contributed by atoms with Crippen molar-refractivity contribution in [2.75, 3.05) is 23.3 Å². The summed E-state index contributed by atoms with van der Waals surface area (Å²) in [5.41, 5.74) is 2.40. The van der Waals surface area contributed by atoms with Crippen LogP contribution in [-0.4, -0.2) is 24.1 Å². The number of para-hydroxylation sites is 2. The molecule has 2 aromatic rings. The minimum atomic E-state index is -0.618. The lowest BCUT2D eigenvalue weighted by molar-refractivity contribution is -0.115. The first-order chi connectivity index (χ1) is 10.6. The normalized spacial score (nSPS) is 11.8. The number of carbonyl (C=O) groups is 1. The van der Waals surface area contributed by atoms with E-state index in [2.05, 4.69) is 5.32 Å². The molecule has 1 unspecified atom stereocenters. The number of amides is 1. The van der Waals surface area contributed by atoms with Crippen molar-refractivity contribution < 1.29 is 9.90 Å². The monoisotopic (exact) mass is 298 g/mol. The van der Waals surface area contributed by atoms with Crippen LogP contribution in [0.4, 0.5) is 11.4 Å². The summed E-state index contributed by atoms with van der Waals surface area (Å²) in [5, 5.41) is 12.6. The Balaban J connectivity index is 2.07. The molecule has 0 spiro atoms. The van der Waals surface area contributed by atoms with E-state index in [-0.39, 0.29) is 12.5 Å². The first kappa shape index (κ1) is 16.0. The molecule has 0 saturated heterocycles. The first-order valence-corrected chi connectivity index (χ1v) is 7.48. The predicted octanol–water partition coefficient (Wildman–Crippen LogP) is 3.20. The van der Waals surface area contributed by atoms with E-state index in [1.54, 1.807) is 13.0 Å². The number of benzene rings is 2. The fourth-order valence-corrected chi connectivity index (χ4v) is 2.36. The van der Waals surface area contributed by atoms with Crippen molar-refractivity contribution >= 4 is 17.3 Å². The largest absolute Gasteiger partial charge is 0.389 e. The van der Waals surface area contributed by atoms with Crippen molar-refractivity contribution in [3.8, 4) is 0 Å². The molecule has 0 radical (unpaired) electrons. The van der Waals surface area contributed by atoms with Gasteiger partial charge in [-0.2, -0.15) is 0 Å². The number of carbonyl (C=O) groups excluding carboxylic acids is 1. The smallest absolute Gasteiger partial charge is 0.243 e. The van der Waals surface area contributed by atoms with Gasteiger partial charge in [-0.25, -0.2) is 0 Å². The summed E-state index contributed by atoms with van der Waals surface area (Å²) in [5.74, 6) is -0.0983. The molecule has 0 heterocycles. The minimum Gasteiger partial charge on any atom is -0.389 e. The molecule has 2 rings (SSSR count). The predicted molar refractivity (Wildman–Crippen MR) is 90.0 cm³/mol. The summed E-state index contributed by atoms with van der Waals surface area (Å²) in [6.07, 6.45) is -0.618. The molecule has 2 aromatic carbocycles. The van der Waals surface area contributed by atoms with Gasteiger partial charge in [-0.3, -0.25) is 4.79 Å². The second-order valence-corrected chi connectivity index (χ2v) is 5.16. The van der Waals surface area contributed by atoms with Crippen LogP contribution in [-0.2, 0) is 4.79 Å². The fraction of sp³-hybridized carbons (Fsp3) is 0.278. The summed E-state index contributed by atoms with van der Waals surface area (Å²) in [6.45, 7) is 4.72. The number of hydrogen-bond donors (Lipinski definition) is 2. The number of nitrogens with zero attached hydrogens (tertiary/aromatic N) is 1. The van der Waals surface area contributed by atoms with Crippen LogP contribution >= 0.6 is 0 Å². The molecular formula is C18H22N2O2. The summed E-state index contributed by atoms with van der Waals surface area (Å²) in [4.78, 5) is 14.3. The Morgan fingerprint density at radius 1 is 1.14 bits per heavy atom. The maximum atomic E-state index is 12.3.